The monoisotopic (exact) mass is 232 g/mol. The summed E-state index contributed by atoms with van der Waals surface area (Å²) in [5.41, 5.74) is 0. The Bertz CT molecular complexity index is 173. The van der Waals surface area contributed by atoms with Crippen molar-refractivity contribution in [1.82, 2.24) is 0 Å². The van der Waals surface area contributed by atoms with Gasteiger partial charge >= 0.3 is 21.7 Å². The second kappa shape index (κ2) is 7.42. The maximum Gasteiger partial charge on any atom is 4.00 e. The van der Waals surface area contributed by atoms with Gasteiger partial charge in [0.25, 0.3) is 0 Å². The van der Waals surface area contributed by atoms with Gasteiger partial charge in [0.15, 0.2) is 0 Å². The third-order valence-corrected chi connectivity index (χ3v) is 0.167. The molecule has 66 valence electrons. The second-order valence-corrected chi connectivity index (χ2v) is 1.98. The van der Waals surface area contributed by atoms with Crippen LogP contribution in [-0.2, 0) is 35.9 Å². The van der Waals surface area contributed by atoms with Gasteiger partial charge in [0.05, 0.1) is 19.8 Å². The Morgan fingerprint density at radius 2 is 1.17 bits per heavy atom. The van der Waals surface area contributed by atoms with E-state index in [0.29, 0.717) is 0 Å². The fourth-order valence-electron chi connectivity index (χ4n) is 0. The first-order valence-electron chi connectivity index (χ1n) is 1.81. The van der Waals surface area contributed by atoms with Gasteiger partial charge in [-0.15, -0.1) is 0 Å². The normalized spacial score (nSPS) is 8.58. The Kier molecular flexibility index (Phi) is 11.0. The molecule has 0 aromatic carbocycles. The van der Waals surface area contributed by atoms with Gasteiger partial charge in [0.2, 0.25) is 0 Å². The zero-order valence-corrected chi connectivity index (χ0v) is 7.71. The van der Waals surface area contributed by atoms with Gasteiger partial charge in [-0.25, -0.2) is 0 Å². The van der Waals surface area contributed by atoms with E-state index in [1.807, 2.05) is 0 Å². The fraction of sp³-hybridized carbons (Fsp3) is 0. The number of carbonyl (C=O) groups is 2. The molecule has 0 spiro atoms. The predicted molar refractivity (Wildman–Crippen MR) is 19.8 cm³/mol. The predicted octanol–water partition coefficient (Wildman–Crippen LogP) is -5.71. The number of rotatable bonds is 0. The molecule has 0 aliphatic rings. The smallest absolute Gasteiger partial charge is 0.790 e. The molecule has 1 N–H and O–H groups in total. The summed E-state index contributed by atoms with van der Waals surface area (Å²) in [7, 11) is -5.14. The van der Waals surface area contributed by atoms with Crippen molar-refractivity contribution >= 4 is 19.8 Å². The molecule has 0 aliphatic heterocycles. The van der Waals surface area contributed by atoms with Crippen molar-refractivity contribution < 1.29 is 60.8 Å². The molecular weight excluding hydrogens is 231 g/mol. The van der Waals surface area contributed by atoms with Crippen LogP contribution in [0.2, 0.25) is 0 Å². The number of aliphatic carboxylic acids is 2. The standard InChI is InChI=1S/C2H2O4.H3O4P.Ti/c3-1(4)2(5)6;1-5(2,3)4;/h(H,3,4)(H,5,6);(H3,1,2,3,4);/q;;+4/p-4. The van der Waals surface area contributed by atoms with Crippen LogP contribution in [0.4, 0.5) is 0 Å². The van der Waals surface area contributed by atoms with E-state index >= 15 is 0 Å². The third kappa shape index (κ3) is 52.9. The molecule has 0 aromatic rings. The molecule has 8 nitrogen and oxygen atoms in total. The van der Waals surface area contributed by atoms with Crippen LogP contribution >= 0.6 is 7.82 Å². The molecule has 0 rings (SSSR count). The summed E-state index contributed by atoms with van der Waals surface area (Å²) in [5.74, 6) is -4.37. The van der Waals surface area contributed by atoms with E-state index in [2.05, 4.69) is 0 Å². The van der Waals surface area contributed by atoms with Crippen LogP contribution in [0.5, 0.6) is 0 Å². The third-order valence-electron chi connectivity index (χ3n) is 0.167. The molecule has 0 amide bonds. The minimum atomic E-state index is -5.14. The number of hydrogen-bond donors (Lipinski definition) is 1. The summed E-state index contributed by atoms with van der Waals surface area (Å²) in [6.07, 6.45) is 0. The average Bonchev–Trinajstić information content (AvgIpc) is 1.59. The van der Waals surface area contributed by atoms with E-state index < -0.39 is 19.8 Å². The van der Waals surface area contributed by atoms with E-state index in [1.54, 1.807) is 0 Å². The molecule has 0 heterocycles. The molecule has 0 unspecified atom stereocenters. The summed E-state index contributed by atoms with van der Waals surface area (Å²) in [5, 5.41) is 17.9. The minimum absolute atomic E-state index is 0. The van der Waals surface area contributed by atoms with Crippen LogP contribution < -0.4 is 20.0 Å². The first-order chi connectivity index (χ1) is 4.64. The number of carbonyl (C=O) groups excluding carboxylic acids is 2. The number of hydrogen-bond acceptors (Lipinski definition) is 7. The quantitative estimate of drug-likeness (QED) is 0.245. The average molecular weight is 232 g/mol. The van der Waals surface area contributed by atoms with Gasteiger partial charge in [-0.2, -0.15) is 0 Å². The molecule has 0 aliphatic carbocycles. The first-order valence-corrected chi connectivity index (χ1v) is 3.31. The Hall–Kier alpha value is -0.236. The number of phosphoric acid groups is 1. The van der Waals surface area contributed by atoms with Gasteiger partial charge in [0, 0.05) is 0 Å². The van der Waals surface area contributed by atoms with Crippen molar-refractivity contribution in [2.24, 2.45) is 0 Å². The zero-order valence-electron chi connectivity index (χ0n) is 5.25. The van der Waals surface area contributed by atoms with Crippen LogP contribution in [0.1, 0.15) is 0 Å². The van der Waals surface area contributed by atoms with E-state index in [0.717, 1.165) is 0 Å². The van der Waals surface area contributed by atoms with Crippen LogP contribution in [0.15, 0.2) is 0 Å². The SMILES string of the molecule is O=C([O-])C(=O)[O-].O=P([O-])([O-])O.[Ti+4]. The Morgan fingerprint density at radius 3 is 1.17 bits per heavy atom. The molecule has 0 saturated carbocycles. The Morgan fingerprint density at radius 1 is 1.08 bits per heavy atom. The summed E-state index contributed by atoms with van der Waals surface area (Å²) in [6.45, 7) is 0. The summed E-state index contributed by atoms with van der Waals surface area (Å²) in [6, 6.07) is 0. The van der Waals surface area contributed by atoms with Crippen molar-refractivity contribution in [3.8, 4) is 0 Å². The number of carboxylic acids is 2. The Balaban J connectivity index is -0.000000126. The zero-order chi connectivity index (χ0) is 9.65. The van der Waals surface area contributed by atoms with Crippen molar-refractivity contribution in [2.75, 3.05) is 0 Å². The molecular formula is C2HO8PTi. The summed E-state index contributed by atoms with van der Waals surface area (Å²) in [4.78, 5) is 42.1. The minimum Gasteiger partial charge on any atom is -0.790 e. The van der Waals surface area contributed by atoms with Crippen LogP contribution in [0.3, 0.4) is 0 Å². The van der Waals surface area contributed by atoms with Gasteiger partial charge < -0.3 is 39.0 Å². The summed E-state index contributed by atoms with van der Waals surface area (Å²) < 4.78 is 8.66. The van der Waals surface area contributed by atoms with Crippen LogP contribution in [0.25, 0.3) is 0 Å². The second-order valence-electron chi connectivity index (χ2n) is 1.04. The molecule has 0 aromatic heterocycles. The van der Waals surface area contributed by atoms with E-state index in [-0.39, 0.29) is 21.7 Å². The molecule has 12 heavy (non-hydrogen) atoms. The molecule has 10 heteroatoms. The van der Waals surface area contributed by atoms with Crippen molar-refractivity contribution in [1.29, 1.82) is 0 Å². The van der Waals surface area contributed by atoms with E-state index in [9.17, 15) is 0 Å². The molecule has 0 atom stereocenters. The van der Waals surface area contributed by atoms with E-state index in [4.69, 9.17) is 39.0 Å². The maximum atomic E-state index is 8.93. The van der Waals surface area contributed by atoms with Crippen LogP contribution in [-0.4, -0.2) is 16.8 Å². The maximum absolute atomic E-state index is 8.93. The topological polar surface area (TPSA) is 164 Å². The van der Waals surface area contributed by atoms with E-state index in [1.165, 1.54) is 0 Å². The number of carboxylic acid groups (broad SMARTS) is 2. The van der Waals surface area contributed by atoms with Gasteiger partial charge in [-0.1, -0.05) is 0 Å². The van der Waals surface area contributed by atoms with Crippen molar-refractivity contribution in [3.05, 3.63) is 0 Å². The fourth-order valence-corrected chi connectivity index (χ4v) is 0. The van der Waals surface area contributed by atoms with Crippen molar-refractivity contribution in [3.63, 3.8) is 0 Å². The van der Waals surface area contributed by atoms with Crippen LogP contribution in [0, 0.1) is 0 Å². The molecule has 0 bridgehead atoms. The molecule has 0 radical (unpaired) electrons. The first kappa shape index (κ1) is 17.7. The largest absolute Gasteiger partial charge is 4.00 e. The Labute approximate surface area is 81.0 Å². The van der Waals surface area contributed by atoms with Gasteiger partial charge in [-0.3, -0.25) is 0 Å². The van der Waals surface area contributed by atoms with Crippen molar-refractivity contribution in [2.45, 2.75) is 0 Å². The molecule has 0 saturated heterocycles. The van der Waals surface area contributed by atoms with Gasteiger partial charge in [0.1, 0.15) is 0 Å². The molecule has 0 fully saturated rings. The summed E-state index contributed by atoms with van der Waals surface area (Å²) >= 11 is 0. The van der Waals surface area contributed by atoms with Gasteiger partial charge in [-0.05, 0) is 0 Å².